The summed E-state index contributed by atoms with van der Waals surface area (Å²) in [4.78, 5) is 21.4. The maximum absolute atomic E-state index is 12.8. The van der Waals surface area contributed by atoms with Gasteiger partial charge in [0.05, 0.1) is 0 Å². The molecule has 2 aliphatic heterocycles. The second-order valence-corrected chi connectivity index (χ2v) is 8.51. The first kappa shape index (κ1) is 20.4. The van der Waals surface area contributed by atoms with Crippen molar-refractivity contribution in [3.05, 3.63) is 42.0 Å². The van der Waals surface area contributed by atoms with E-state index in [0.717, 1.165) is 42.5 Å². The van der Waals surface area contributed by atoms with E-state index in [-0.39, 0.29) is 5.91 Å². The van der Waals surface area contributed by atoms with E-state index in [1.54, 1.807) is 0 Å². The molecule has 1 aromatic heterocycles. The van der Waals surface area contributed by atoms with Gasteiger partial charge in [-0.2, -0.15) is 0 Å². The summed E-state index contributed by atoms with van der Waals surface area (Å²) >= 11 is 0. The summed E-state index contributed by atoms with van der Waals surface area (Å²) in [5.74, 6) is 1.97. The van der Waals surface area contributed by atoms with E-state index >= 15 is 0 Å². The lowest BCUT2D eigenvalue weighted by Gasteiger charge is -2.36. The average Bonchev–Trinajstić information content (AvgIpc) is 2.79. The van der Waals surface area contributed by atoms with Gasteiger partial charge >= 0.3 is 0 Å². The lowest BCUT2D eigenvalue weighted by Crippen LogP contribution is -2.49. The predicted octanol–water partition coefficient (Wildman–Crippen LogP) is 2.88. The smallest absolute Gasteiger partial charge is 0.253 e. The van der Waals surface area contributed by atoms with Gasteiger partial charge < -0.3 is 19.6 Å². The third kappa shape index (κ3) is 4.35. The third-order valence-corrected chi connectivity index (χ3v) is 6.26. The Kier molecular flexibility index (Phi) is 6.06. The van der Waals surface area contributed by atoms with E-state index in [9.17, 15) is 4.79 Å². The summed E-state index contributed by atoms with van der Waals surface area (Å²) in [6.45, 7) is 6.26. The number of benzene rings is 1. The van der Waals surface area contributed by atoms with Crippen LogP contribution in [0.1, 0.15) is 36.5 Å². The molecule has 2 saturated heterocycles. The Bertz CT molecular complexity index is 843. The number of anilines is 3. The quantitative estimate of drug-likeness (QED) is 0.775. The lowest BCUT2D eigenvalue weighted by atomic mass is 10.0. The molecule has 2 aliphatic rings. The number of carbonyl (C=O) groups is 1. The molecule has 0 saturated carbocycles. The molecule has 0 aliphatic carbocycles. The molecule has 2 fully saturated rings. The summed E-state index contributed by atoms with van der Waals surface area (Å²) in [5, 5.41) is 8.99. The van der Waals surface area contributed by atoms with Crippen LogP contribution in [-0.2, 0) is 0 Å². The number of piperidine rings is 1. The molecule has 7 nitrogen and oxygen atoms in total. The largest absolute Gasteiger partial charge is 0.378 e. The molecule has 4 rings (SSSR count). The molecule has 1 amide bonds. The summed E-state index contributed by atoms with van der Waals surface area (Å²) < 4.78 is 0. The molecular formula is C23H32N6O. The maximum atomic E-state index is 12.8. The van der Waals surface area contributed by atoms with Crippen molar-refractivity contribution in [2.75, 3.05) is 61.5 Å². The van der Waals surface area contributed by atoms with Gasteiger partial charge in [-0.25, -0.2) is 0 Å². The number of hydrogen-bond acceptors (Lipinski definition) is 6. The second kappa shape index (κ2) is 8.90. The molecule has 160 valence electrons. The Morgan fingerprint density at radius 1 is 0.900 bits per heavy atom. The number of carbonyl (C=O) groups excluding carboxylic acids is 1. The van der Waals surface area contributed by atoms with Crippen molar-refractivity contribution in [2.45, 2.75) is 32.2 Å². The highest BCUT2D eigenvalue weighted by Crippen LogP contribution is 2.24. The molecule has 3 heterocycles. The molecular weight excluding hydrogens is 376 g/mol. The highest BCUT2D eigenvalue weighted by Gasteiger charge is 2.24. The zero-order valence-electron chi connectivity index (χ0n) is 18.3. The molecule has 0 bridgehead atoms. The highest BCUT2D eigenvalue weighted by molar-refractivity contribution is 5.94. The Morgan fingerprint density at radius 3 is 2.17 bits per heavy atom. The van der Waals surface area contributed by atoms with Gasteiger partial charge in [0.15, 0.2) is 11.6 Å². The fraction of sp³-hybridized carbons (Fsp3) is 0.522. The van der Waals surface area contributed by atoms with E-state index < -0.39 is 0 Å². The molecule has 2 aromatic rings. The van der Waals surface area contributed by atoms with Crippen molar-refractivity contribution in [1.29, 1.82) is 0 Å². The summed E-state index contributed by atoms with van der Waals surface area (Å²) in [5.41, 5.74) is 1.84. The van der Waals surface area contributed by atoms with Crippen LogP contribution < -0.4 is 14.7 Å². The van der Waals surface area contributed by atoms with Crippen LogP contribution in [0.3, 0.4) is 0 Å². The van der Waals surface area contributed by atoms with Crippen molar-refractivity contribution >= 4 is 23.2 Å². The van der Waals surface area contributed by atoms with Gasteiger partial charge in [0.25, 0.3) is 5.91 Å². The van der Waals surface area contributed by atoms with Crippen LogP contribution >= 0.6 is 0 Å². The Hall–Kier alpha value is -2.83. The zero-order chi connectivity index (χ0) is 21.1. The van der Waals surface area contributed by atoms with E-state index in [4.69, 9.17) is 0 Å². The highest BCUT2D eigenvalue weighted by atomic mass is 16.2. The van der Waals surface area contributed by atoms with Crippen molar-refractivity contribution < 1.29 is 4.79 Å². The molecule has 7 heteroatoms. The van der Waals surface area contributed by atoms with Gasteiger partial charge in [0.1, 0.15) is 0 Å². The summed E-state index contributed by atoms with van der Waals surface area (Å²) in [6.07, 6.45) is 3.74. The standard InChI is InChI=1S/C23H32N6O/c1-18-6-4-5-13-29(18)22-12-11-21(24-25-22)27-14-16-28(17-15-27)23(30)19-7-9-20(10-8-19)26(2)3/h7-12,18H,4-6,13-17H2,1-3H3. The number of piperazine rings is 1. The van der Waals surface area contributed by atoms with Crippen LogP contribution in [0.25, 0.3) is 0 Å². The van der Waals surface area contributed by atoms with Crippen LogP contribution in [0.2, 0.25) is 0 Å². The Morgan fingerprint density at radius 2 is 1.57 bits per heavy atom. The molecule has 1 atom stereocenters. The van der Waals surface area contributed by atoms with E-state index in [1.165, 1.54) is 19.3 Å². The van der Waals surface area contributed by atoms with Gasteiger partial charge in [-0.05, 0) is 62.6 Å². The third-order valence-electron chi connectivity index (χ3n) is 6.26. The predicted molar refractivity (Wildman–Crippen MR) is 122 cm³/mol. The minimum absolute atomic E-state index is 0.0977. The average molecular weight is 409 g/mol. The molecule has 1 aromatic carbocycles. The van der Waals surface area contributed by atoms with E-state index in [0.29, 0.717) is 19.1 Å². The fourth-order valence-electron chi connectivity index (χ4n) is 4.30. The van der Waals surface area contributed by atoms with E-state index in [1.807, 2.05) is 48.2 Å². The molecule has 0 N–H and O–H groups in total. The minimum Gasteiger partial charge on any atom is -0.378 e. The zero-order valence-corrected chi connectivity index (χ0v) is 18.3. The number of nitrogens with zero attached hydrogens (tertiary/aromatic N) is 6. The minimum atomic E-state index is 0.0977. The first-order valence-corrected chi connectivity index (χ1v) is 10.9. The van der Waals surface area contributed by atoms with Crippen LogP contribution in [0.5, 0.6) is 0 Å². The maximum Gasteiger partial charge on any atom is 0.253 e. The number of hydrogen-bond donors (Lipinski definition) is 0. The fourth-order valence-corrected chi connectivity index (χ4v) is 4.30. The topological polar surface area (TPSA) is 55.8 Å². The van der Waals surface area contributed by atoms with Crippen LogP contribution in [0, 0.1) is 0 Å². The summed E-state index contributed by atoms with van der Waals surface area (Å²) in [7, 11) is 4.00. The second-order valence-electron chi connectivity index (χ2n) is 8.51. The molecule has 0 radical (unpaired) electrons. The number of rotatable bonds is 4. The monoisotopic (exact) mass is 408 g/mol. The van der Waals surface area contributed by atoms with Crippen molar-refractivity contribution in [1.82, 2.24) is 15.1 Å². The molecule has 1 unspecified atom stereocenters. The normalized spacial score (nSPS) is 19.7. The SMILES string of the molecule is CC1CCCCN1c1ccc(N2CCN(C(=O)c3ccc(N(C)C)cc3)CC2)nn1. The Labute approximate surface area is 179 Å². The van der Waals surface area contributed by atoms with Crippen molar-refractivity contribution in [3.63, 3.8) is 0 Å². The van der Waals surface area contributed by atoms with Gasteiger partial charge in [-0.1, -0.05) is 0 Å². The van der Waals surface area contributed by atoms with Crippen LogP contribution in [-0.4, -0.2) is 73.9 Å². The van der Waals surface area contributed by atoms with Gasteiger partial charge in [0.2, 0.25) is 0 Å². The molecule has 0 spiro atoms. The van der Waals surface area contributed by atoms with Crippen LogP contribution in [0.15, 0.2) is 36.4 Å². The van der Waals surface area contributed by atoms with Crippen molar-refractivity contribution in [2.24, 2.45) is 0 Å². The number of amides is 1. The summed E-state index contributed by atoms with van der Waals surface area (Å²) in [6, 6.07) is 12.5. The van der Waals surface area contributed by atoms with Gasteiger partial charge in [-0.3, -0.25) is 4.79 Å². The molecule has 30 heavy (non-hydrogen) atoms. The number of aromatic nitrogens is 2. The van der Waals surface area contributed by atoms with Gasteiger partial charge in [-0.15, -0.1) is 10.2 Å². The lowest BCUT2D eigenvalue weighted by molar-refractivity contribution is 0.0746. The van der Waals surface area contributed by atoms with Gasteiger partial charge in [0, 0.05) is 64.1 Å². The van der Waals surface area contributed by atoms with Crippen LogP contribution in [0.4, 0.5) is 17.3 Å². The Balaban J connectivity index is 1.34. The first-order valence-electron chi connectivity index (χ1n) is 10.9. The van der Waals surface area contributed by atoms with E-state index in [2.05, 4.69) is 39.1 Å². The first-order chi connectivity index (χ1) is 14.5. The van der Waals surface area contributed by atoms with Crippen molar-refractivity contribution in [3.8, 4) is 0 Å².